The first-order valence-corrected chi connectivity index (χ1v) is 8.18. The Morgan fingerprint density at radius 1 is 1.35 bits per heavy atom. The summed E-state index contributed by atoms with van der Waals surface area (Å²) in [5.41, 5.74) is 6.06. The van der Waals surface area contributed by atoms with E-state index in [9.17, 15) is 4.79 Å². The fraction of sp³-hybridized carbons (Fsp3) is 0.400. The molecule has 2 aromatic rings. The number of nitrogens with one attached hydrogen (secondary N) is 1. The third-order valence-electron chi connectivity index (χ3n) is 3.83. The zero-order chi connectivity index (χ0) is 16.3. The molecule has 8 heteroatoms. The molecule has 0 aliphatic carbocycles. The lowest BCUT2D eigenvalue weighted by Crippen LogP contribution is -2.54. The highest BCUT2D eigenvalue weighted by Crippen LogP contribution is 2.27. The zero-order valence-corrected chi connectivity index (χ0v) is 13.7. The minimum absolute atomic E-state index is 0.158. The summed E-state index contributed by atoms with van der Waals surface area (Å²) in [5.74, 6) is -0.158. The molecule has 1 aliphatic heterocycles. The maximum atomic E-state index is 12.4. The SMILES string of the molecule is Cn1cnnc1Sc1ccc(NC(=O)C2(N)CCOCC2)cc1. The highest BCUT2D eigenvalue weighted by atomic mass is 32.2. The lowest BCUT2D eigenvalue weighted by Gasteiger charge is -2.31. The molecule has 2 heterocycles. The second-order valence-electron chi connectivity index (χ2n) is 5.57. The molecule has 0 atom stereocenters. The summed E-state index contributed by atoms with van der Waals surface area (Å²) in [6.45, 7) is 1.05. The number of hydrogen-bond donors (Lipinski definition) is 2. The van der Waals surface area contributed by atoms with Crippen LogP contribution in [0.4, 0.5) is 5.69 Å². The van der Waals surface area contributed by atoms with Crippen LogP contribution in [-0.2, 0) is 16.6 Å². The maximum Gasteiger partial charge on any atom is 0.244 e. The Hall–Kier alpha value is -1.90. The van der Waals surface area contributed by atoms with E-state index < -0.39 is 5.54 Å². The van der Waals surface area contributed by atoms with Crippen molar-refractivity contribution >= 4 is 23.4 Å². The van der Waals surface area contributed by atoms with Gasteiger partial charge in [-0.1, -0.05) is 0 Å². The summed E-state index contributed by atoms with van der Waals surface area (Å²) in [6, 6.07) is 7.59. The third-order valence-corrected chi connectivity index (χ3v) is 4.89. The molecule has 1 aromatic carbocycles. The Balaban J connectivity index is 1.63. The molecule has 0 saturated carbocycles. The van der Waals surface area contributed by atoms with Gasteiger partial charge in [-0.25, -0.2) is 0 Å². The van der Waals surface area contributed by atoms with Gasteiger partial charge in [0, 0.05) is 30.8 Å². The van der Waals surface area contributed by atoms with Crippen molar-refractivity contribution in [2.45, 2.75) is 28.4 Å². The molecular weight excluding hydrogens is 314 g/mol. The van der Waals surface area contributed by atoms with Gasteiger partial charge in [-0.15, -0.1) is 10.2 Å². The van der Waals surface area contributed by atoms with Gasteiger partial charge in [-0.3, -0.25) is 4.79 Å². The second-order valence-corrected chi connectivity index (χ2v) is 6.61. The normalized spacial score (nSPS) is 17.0. The minimum Gasteiger partial charge on any atom is -0.381 e. The Kier molecular flexibility index (Phi) is 4.65. The van der Waals surface area contributed by atoms with Gasteiger partial charge in [0.15, 0.2) is 5.16 Å². The van der Waals surface area contributed by atoms with Gasteiger partial charge >= 0.3 is 0 Å². The van der Waals surface area contributed by atoms with Gasteiger partial charge < -0.3 is 20.4 Å². The first-order chi connectivity index (χ1) is 11.1. The van der Waals surface area contributed by atoms with Crippen molar-refractivity contribution in [3.8, 4) is 0 Å². The number of hydrogen-bond acceptors (Lipinski definition) is 6. The van der Waals surface area contributed by atoms with Crippen molar-refractivity contribution in [1.29, 1.82) is 0 Å². The van der Waals surface area contributed by atoms with Crippen LogP contribution in [-0.4, -0.2) is 39.4 Å². The number of carbonyl (C=O) groups excluding carboxylic acids is 1. The second kappa shape index (κ2) is 6.69. The van der Waals surface area contributed by atoms with Crippen LogP contribution >= 0.6 is 11.8 Å². The molecule has 7 nitrogen and oxygen atoms in total. The van der Waals surface area contributed by atoms with Crippen molar-refractivity contribution < 1.29 is 9.53 Å². The first-order valence-electron chi connectivity index (χ1n) is 7.37. The van der Waals surface area contributed by atoms with E-state index in [1.165, 1.54) is 11.8 Å². The van der Waals surface area contributed by atoms with Crippen LogP contribution in [0.1, 0.15) is 12.8 Å². The molecule has 1 amide bonds. The number of anilines is 1. The van der Waals surface area contributed by atoms with E-state index in [4.69, 9.17) is 10.5 Å². The van der Waals surface area contributed by atoms with E-state index in [0.29, 0.717) is 26.1 Å². The van der Waals surface area contributed by atoms with E-state index in [1.54, 1.807) is 6.33 Å². The molecule has 0 unspecified atom stereocenters. The first kappa shape index (κ1) is 16.0. The van der Waals surface area contributed by atoms with Crippen molar-refractivity contribution in [1.82, 2.24) is 14.8 Å². The molecule has 0 radical (unpaired) electrons. The average molecular weight is 333 g/mol. The topological polar surface area (TPSA) is 95.1 Å². The van der Waals surface area contributed by atoms with Gasteiger partial charge in [0.1, 0.15) is 11.9 Å². The molecule has 23 heavy (non-hydrogen) atoms. The lowest BCUT2D eigenvalue weighted by molar-refractivity contribution is -0.124. The Bertz CT molecular complexity index is 679. The number of carbonyl (C=O) groups is 1. The monoisotopic (exact) mass is 333 g/mol. The maximum absolute atomic E-state index is 12.4. The van der Waals surface area contributed by atoms with E-state index >= 15 is 0 Å². The van der Waals surface area contributed by atoms with Crippen LogP contribution in [0, 0.1) is 0 Å². The number of aryl methyl sites for hydroxylation is 1. The summed E-state index contributed by atoms with van der Waals surface area (Å²) >= 11 is 1.51. The molecular formula is C15H19N5O2S. The van der Waals surface area contributed by atoms with E-state index in [0.717, 1.165) is 15.7 Å². The fourth-order valence-corrected chi connectivity index (χ4v) is 3.06. The molecule has 3 rings (SSSR count). The molecule has 122 valence electrons. The minimum atomic E-state index is -0.843. The smallest absolute Gasteiger partial charge is 0.244 e. The molecule has 1 fully saturated rings. The van der Waals surface area contributed by atoms with Crippen molar-refractivity contribution in [2.24, 2.45) is 12.8 Å². The molecule has 0 bridgehead atoms. The number of benzene rings is 1. The number of nitrogens with zero attached hydrogens (tertiary/aromatic N) is 3. The Morgan fingerprint density at radius 3 is 2.65 bits per heavy atom. The molecule has 1 aliphatic rings. The molecule has 0 spiro atoms. The molecule has 3 N–H and O–H groups in total. The van der Waals surface area contributed by atoms with Gasteiger partial charge in [0.2, 0.25) is 5.91 Å². The van der Waals surface area contributed by atoms with Gasteiger partial charge in [-0.2, -0.15) is 0 Å². The Morgan fingerprint density at radius 2 is 2.04 bits per heavy atom. The summed E-state index contributed by atoms with van der Waals surface area (Å²) in [6.07, 6.45) is 2.74. The summed E-state index contributed by atoms with van der Waals surface area (Å²) < 4.78 is 7.12. The predicted octanol–water partition coefficient (Wildman–Crippen LogP) is 1.41. The van der Waals surface area contributed by atoms with Crippen LogP contribution in [0.25, 0.3) is 0 Å². The summed E-state index contributed by atoms with van der Waals surface area (Å²) in [4.78, 5) is 13.4. The number of aromatic nitrogens is 3. The number of rotatable bonds is 4. The highest BCUT2D eigenvalue weighted by Gasteiger charge is 2.35. The van der Waals surface area contributed by atoms with Crippen LogP contribution in [0.15, 0.2) is 40.6 Å². The highest BCUT2D eigenvalue weighted by molar-refractivity contribution is 7.99. The molecule has 1 saturated heterocycles. The standard InChI is InChI=1S/C15H19N5O2S/c1-20-10-17-19-14(20)23-12-4-2-11(3-5-12)18-13(21)15(16)6-8-22-9-7-15/h2-5,10H,6-9,16H2,1H3,(H,18,21). The van der Waals surface area contributed by atoms with Crippen molar-refractivity contribution in [3.63, 3.8) is 0 Å². The zero-order valence-electron chi connectivity index (χ0n) is 12.9. The largest absolute Gasteiger partial charge is 0.381 e. The van der Waals surface area contributed by atoms with E-state index in [2.05, 4.69) is 15.5 Å². The lowest BCUT2D eigenvalue weighted by atomic mass is 9.90. The van der Waals surface area contributed by atoms with Crippen LogP contribution in [0.3, 0.4) is 0 Å². The average Bonchev–Trinajstić information content (AvgIpc) is 2.95. The quantitative estimate of drug-likeness (QED) is 0.878. The third kappa shape index (κ3) is 3.72. The van der Waals surface area contributed by atoms with Crippen LogP contribution in [0.5, 0.6) is 0 Å². The van der Waals surface area contributed by atoms with Crippen LogP contribution in [0.2, 0.25) is 0 Å². The number of nitrogens with two attached hydrogens (primary N) is 1. The van der Waals surface area contributed by atoms with Crippen molar-refractivity contribution in [2.75, 3.05) is 18.5 Å². The molecule has 1 aromatic heterocycles. The summed E-state index contributed by atoms with van der Waals surface area (Å²) in [7, 11) is 1.89. The fourth-order valence-electron chi connectivity index (χ4n) is 2.30. The van der Waals surface area contributed by atoms with Crippen LogP contribution < -0.4 is 11.1 Å². The number of ether oxygens (including phenoxy) is 1. The summed E-state index contributed by atoms with van der Waals surface area (Å²) in [5, 5.41) is 11.6. The van der Waals surface area contributed by atoms with E-state index in [1.807, 2.05) is 35.9 Å². The predicted molar refractivity (Wildman–Crippen MR) is 87.2 cm³/mol. The number of amides is 1. The van der Waals surface area contributed by atoms with Crippen molar-refractivity contribution in [3.05, 3.63) is 30.6 Å². The van der Waals surface area contributed by atoms with E-state index in [-0.39, 0.29) is 5.91 Å². The Labute approximate surface area is 138 Å². The van der Waals surface area contributed by atoms with Gasteiger partial charge in [0.05, 0.1) is 0 Å². The van der Waals surface area contributed by atoms with Gasteiger partial charge in [-0.05, 0) is 48.9 Å². The van der Waals surface area contributed by atoms with Gasteiger partial charge in [0.25, 0.3) is 0 Å².